The standard InChI is InChI=1S/C16H17NO2.H2/c1-2-16(19)17-11-10-13(12-17)8-9-15(18)14-6-4-3-5-7-14;/h3-7,13H,2,10-12H2,1H3;1H. The molecular formula is C16H19NO2. The van der Waals surface area contributed by atoms with Crippen molar-refractivity contribution in [3.05, 3.63) is 35.9 Å². The van der Waals surface area contributed by atoms with Gasteiger partial charge in [0.2, 0.25) is 11.7 Å². The molecule has 3 heteroatoms. The zero-order valence-corrected chi connectivity index (χ0v) is 11.1. The average molecular weight is 257 g/mol. The van der Waals surface area contributed by atoms with Crippen LogP contribution in [0.25, 0.3) is 0 Å². The van der Waals surface area contributed by atoms with Crippen LogP contribution in [0.2, 0.25) is 0 Å². The zero-order chi connectivity index (χ0) is 13.7. The van der Waals surface area contributed by atoms with Gasteiger partial charge in [-0.15, -0.1) is 0 Å². The Hall–Kier alpha value is -2.08. The van der Waals surface area contributed by atoms with Crippen molar-refractivity contribution in [1.82, 2.24) is 4.90 Å². The summed E-state index contributed by atoms with van der Waals surface area (Å²) in [6.45, 7) is 3.27. The van der Waals surface area contributed by atoms with Gasteiger partial charge in [-0.1, -0.05) is 43.2 Å². The van der Waals surface area contributed by atoms with Crippen molar-refractivity contribution in [1.29, 1.82) is 0 Å². The molecule has 2 rings (SSSR count). The van der Waals surface area contributed by atoms with E-state index in [1.54, 1.807) is 12.1 Å². The molecule has 1 aromatic rings. The second kappa shape index (κ2) is 6.19. The Morgan fingerprint density at radius 3 is 2.79 bits per heavy atom. The van der Waals surface area contributed by atoms with Crippen molar-refractivity contribution >= 4 is 11.7 Å². The highest BCUT2D eigenvalue weighted by Crippen LogP contribution is 2.16. The van der Waals surface area contributed by atoms with Crippen LogP contribution >= 0.6 is 0 Å². The van der Waals surface area contributed by atoms with Gasteiger partial charge in [-0.3, -0.25) is 9.59 Å². The van der Waals surface area contributed by atoms with E-state index >= 15 is 0 Å². The van der Waals surface area contributed by atoms with Crippen LogP contribution in [0.3, 0.4) is 0 Å². The molecule has 0 aliphatic carbocycles. The van der Waals surface area contributed by atoms with E-state index in [0.29, 0.717) is 18.5 Å². The lowest BCUT2D eigenvalue weighted by Crippen LogP contribution is -2.27. The van der Waals surface area contributed by atoms with Crippen molar-refractivity contribution < 1.29 is 11.0 Å². The second-order valence-corrected chi connectivity index (χ2v) is 4.64. The van der Waals surface area contributed by atoms with Crippen LogP contribution in [0.1, 0.15) is 31.6 Å². The third-order valence-electron chi connectivity index (χ3n) is 3.27. The highest BCUT2D eigenvalue weighted by atomic mass is 16.2. The van der Waals surface area contributed by atoms with Gasteiger partial charge < -0.3 is 4.90 Å². The third-order valence-corrected chi connectivity index (χ3v) is 3.27. The van der Waals surface area contributed by atoms with E-state index in [2.05, 4.69) is 11.8 Å². The van der Waals surface area contributed by atoms with Gasteiger partial charge in [0, 0.05) is 32.4 Å². The zero-order valence-electron chi connectivity index (χ0n) is 11.1. The maximum absolute atomic E-state index is 11.8. The van der Waals surface area contributed by atoms with Crippen LogP contribution in [-0.2, 0) is 4.79 Å². The monoisotopic (exact) mass is 257 g/mol. The summed E-state index contributed by atoms with van der Waals surface area (Å²) >= 11 is 0. The van der Waals surface area contributed by atoms with Gasteiger partial charge >= 0.3 is 0 Å². The number of likely N-dealkylation sites (tertiary alicyclic amines) is 1. The topological polar surface area (TPSA) is 37.4 Å². The fourth-order valence-corrected chi connectivity index (χ4v) is 2.16. The molecule has 1 atom stereocenters. The lowest BCUT2D eigenvalue weighted by Gasteiger charge is -2.13. The summed E-state index contributed by atoms with van der Waals surface area (Å²) in [7, 11) is 0. The predicted molar refractivity (Wildman–Crippen MR) is 75.6 cm³/mol. The minimum atomic E-state index is -0.152. The van der Waals surface area contributed by atoms with E-state index in [4.69, 9.17) is 0 Å². The number of benzene rings is 1. The number of Topliss-reactive ketones (excluding diaryl/α,β-unsaturated/α-hetero) is 1. The van der Waals surface area contributed by atoms with Gasteiger partial charge in [-0.25, -0.2) is 0 Å². The lowest BCUT2D eigenvalue weighted by atomic mass is 10.1. The number of hydrogen-bond donors (Lipinski definition) is 0. The predicted octanol–water partition coefficient (Wildman–Crippen LogP) is 2.38. The smallest absolute Gasteiger partial charge is 0.235 e. The van der Waals surface area contributed by atoms with Crippen molar-refractivity contribution in [2.75, 3.05) is 13.1 Å². The maximum Gasteiger partial charge on any atom is 0.235 e. The Labute approximate surface area is 115 Å². The van der Waals surface area contributed by atoms with Crippen LogP contribution in [0, 0.1) is 17.8 Å². The van der Waals surface area contributed by atoms with E-state index in [0.717, 1.165) is 13.0 Å². The van der Waals surface area contributed by atoms with Crippen LogP contribution in [0.4, 0.5) is 0 Å². The molecule has 0 radical (unpaired) electrons. The molecule has 0 bridgehead atoms. The van der Waals surface area contributed by atoms with Crippen molar-refractivity contribution in [3.8, 4) is 11.8 Å². The molecule has 19 heavy (non-hydrogen) atoms. The Kier molecular flexibility index (Phi) is 4.35. The molecule has 0 spiro atoms. The summed E-state index contributed by atoms with van der Waals surface area (Å²) in [5.74, 6) is 5.83. The first-order valence-corrected chi connectivity index (χ1v) is 6.59. The number of rotatable bonds is 2. The molecule has 0 aromatic heterocycles. The third kappa shape index (κ3) is 3.45. The lowest BCUT2D eigenvalue weighted by molar-refractivity contribution is -0.129. The molecule has 1 fully saturated rings. The van der Waals surface area contributed by atoms with Gasteiger partial charge in [0.15, 0.2) is 0 Å². The molecule has 1 amide bonds. The van der Waals surface area contributed by atoms with Crippen molar-refractivity contribution in [2.24, 2.45) is 5.92 Å². The number of ketones is 1. The normalized spacial score (nSPS) is 17.7. The molecule has 1 aromatic carbocycles. The fourth-order valence-electron chi connectivity index (χ4n) is 2.16. The largest absolute Gasteiger partial charge is 0.341 e. The maximum atomic E-state index is 11.8. The molecule has 3 nitrogen and oxygen atoms in total. The van der Waals surface area contributed by atoms with Crippen LogP contribution in [-0.4, -0.2) is 29.7 Å². The number of hydrogen-bond acceptors (Lipinski definition) is 2. The minimum absolute atomic E-state index is 0. The fraction of sp³-hybridized carbons (Fsp3) is 0.375. The molecule has 1 aliphatic rings. The summed E-state index contributed by atoms with van der Waals surface area (Å²) in [6, 6.07) is 9.05. The van der Waals surface area contributed by atoms with Crippen LogP contribution in [0.15, 0.2) is 30.3 Å². The number of amides is 1. The SMILES string of the molecule is CCC(=O)N1CCC(C#CC(=O)c2ccccc2)C1.[HH]. The van der Waals surface area contributed by atoms with Gasteiger partial charge in [0.1, 0.15) is 0 Å². The molecule has 0 saturated carbocycles. The molecule has 100 valence electrons. The summed E-state index contributed by atoms with van der Waals surface area (Å²) in [5.41, 5.74) is 0.620. The first kappa shape index (κ1) is 13.4. The highest BCUT2D eigenvalue weighted by Gasteiger charge is 2.23. The first-order chi connectivity index (χ1) is 9.20. The van der Waals surface area contributed by atoms with Crippen LogP contribution < -0.4 is 0 Å². The molecule has 1 unspecified atom stereocenters. The van der Waals surface area contributed by atoms with Gasteiger partial charge in [0.05, 0.1) is 0 Å². The van der Waals surface area contributed by atoms with E-state index in [1.807, 2.05) is 30.0 Å². The summed E-state index contributed by atoms with van der Waals surface area (Å²) < 4.78 is 0. The summed E-state index contributed by atoms with van der Waals surface area (Å²) in [5, 5.41) is 0. The molecule has 1 aliphatic heterocycles. The van der Waals surface area contributed by atoms with Crippen molar-refractivity contribution in [3.63, 3.8) is 0 Å². The molecule has 1 heterocycles. The molecule has 0 N–H and O–H groups in total. The van der Waals surface area contributed by atoms with E-state index in [-0.39, 0.29) is 19.0 Å². The second-order valence-electron chi connectivity index (χ2n) is 4.64. The molecule has 1 saturated heterocycles. The van der Waals surface area contributed by atoms with E-state index in [9.17, 15) is 9.59 Å². The quantitative estimate of drug-likeness (QED) is 0.463. The Balaban J connectivity index is 0.00000200. The highest BCUT2D eigenvalue weighted by molar-refractivity contribution is 6.08. The number of carbonyl (C=O) groups excluding carboxylic acids is 2. The van der Waals surface area contributed by atoms with E-state index < -0.39 is 0 Å². The van der Waals surface area contributed by atoms with Gasteiger partial charge in [-0.2, -0.15) is 0 Å². The van der Waals surface area contributed by atoms with Gasteiger partial charge in [-0.05, 0) is 12.3 Å². The summed E-state index contributed by atoms with van der Waals surface area (Å²) in [4.78, 5) is 25.2. The van der Waals surface area contributed by atoms with E-state index in [1.165, 1.54) is 0 Å². The number of nitrogens with zero attached hydrogens (tertiary/aromatic N) is 1. The van der Waals surface area contributed by atoms with Crippen LogP contribution in [0.5, 0.6) is 0 Å². The first-order valence-electron chi connectivity index (χ1n) is 6.59. The molecular weight excluding hydrogens is 238 g/mol. The van der Waals surface area contributed by atoms with Crippen molar-refractivity contribution in [2.45, 2.75) is 19.8 Å². The Bertz CT molecular complexity index is 530. The Morgan fingerprint density at radius 2 is 2.11 bits per heavy atom. The average Bonchev–Trinajstić information content (AvgIpc) is 2.93. The summed E-state index contributed by atoms with van der Waals surface area (Å²) in [6.07, 6.45) is 1.39. The minimum Gasteiger partial charge on any atom is -0.341 e. The van der Waals surface area contributed by atoms with Gasteiger partial charge in [0.25, 0.3) is 0 Å². The number of carbonyl (C=O) groups is 2. The Morgan fingerprint density at radius 1 is 1.37 bits per heavy atom.